The average Bonchev–Trinajstić information content (AvgIpc) is 3.24. The number of aromatic nitrogens is 6. The Morgan fingerprint density at radius 3 is 2.96 bits per heavy atom. The van der Waals surface area contributed by atoms with E-state index in [9.17, 15) is 4.79 Å². The zero-order valence-corrected chi connectivity index (χ0v) is 15.0. The third kappa shape index (κ3) is 4.05. The zero-order chi connectivity index (χ0) is 18.5. The minimum atomic E-state index is -0.313. The normalized spacial score (nSPS) is 12.0. The van der Waals surface area contributed by atoms with Crippen LogP contribution in [0.3, 0.4) is 0 Å². The second kappa shape index (κ2) is 7.77. The molecule has 9 nitrogen and oxygen atoms in total. The number of anilines is 1. The van der Waals surface area contributed by atoms with E-state index in [1.807, 2.05) is 38.1 Å². The largest absolute Gasteiger partial charge is 0.328 e. The van der Waals surface area contributed by atoms with E-state index in [-0.39, 0.29) is 12.1 Å². The molecule has 0 unspecified atom stereocenters. The summed E-state index contributed by atoms with van der Waals surface area (Å²) in [7, 11) is 0. The molecule has 2 heterocycles. The lowest BCUT2D eigenvalue weighted by Crippen LogP contribution is -2.32. The van der Waals surface area contributed by atoms with E-state index in [1.165, 1.54) is 6.33 Å². The van der Waals surface area contributed by atoms with Gasteiger partial charge in [-0.2, -0.15) is 10.2 Å². The SMILES string of the molecule is CCCn1ncnc1[C@@H](C)NC(=O)Nc1cccc(-c2n[nH]c(C)n2)c1. The van der Waals surface area contributed by atoms with Crippen molar-refractivity contribution in [2.24, 2.45) is 0 Å². The van der Waals surface area contributed by atoms with Crippen molar-refractivity contribution < 1.29 is 4.79 Å². The summed E-state index contributed by atoms with van der Waals surface area (Å²) in [5, 5.41) is 16.8. The highest BCUT2D eigenvalue weighted by molar-refractivity contribution is 5.90. The summed E-state index contributed by atoms with van der Waals surface area (Å²) in [5.74, 6) is 2.06. The number of urea groups is 1. The van der Waals surface area contributed by atoms with E-state index < -0.39 is 0 Å². The summed E-state index contributed by atoms with van der Waals surface area (Å²) < 4.78 is 1.80. The van der Waals surface area contributed by atoms with Gasteiger partial charge in [-0.25, -0.2) is 19.4 Å². The van der Waals surface area contributed by atoms with Crippen LogP contribution in [0.5, 0.6) is 0 Å². The van der Waals surface area contributed by atoms with E-state index >= 15 is 0 Å². The van der Waals surface area contributed by atoms with Gasteiger partial charge in [0.05, 0.1) is 6.04 Å². The minimum absolute atomic E-state index is 0.261. The molecule has 0 bridgehead atoms. The van der Waals surface area contributed by atoms with E-state index in [2.05, 4.69) is 42.8 Å². The zero-order valence-electron chi connectivity index (χ0n) is 15.0. The number of aromatic amines is 1. The van der Waals surface area contributed by atoms with Gasteiger partial charge in [0, 0.05) is 17.8 Å². The molecule has 3 rings (SSSR count). The van der Waals surface area contributed by atoms with Gasteiger partial charge in [0.15, 0.2) is 5.82 Å². The van der Waals surface area contributed by atoms with Gasteiger partial charge in [-0.1, -0.05) is 19.1 Å². The van der Waals surface area contributed by atoms with Gasteiger partial charge in [-0.3, -0.25) is 5.10 Å². The molecule has 0 aliphatic rings. The van der Waals surface area contributed by atoms with Crippen LogP contribution >= 0.6 is 0 Å². The van der Waals surface area contributed by atoms with Crippen molar-refractivity contribution in [1.82, 2.24) is 35.3 Å². The Morgan fingerprint density at radius 2 is 2.23 bits per heavy atom. The van der Waals surface area contributed by atoms with Crippen LogP contribution in [-0.2, 0) is 6.54 Å². The number of nitrogens with zero attached hydrogens (tertiary/aromatic N) is 5. The highest BCUT2D eigenvalue weighted by Crippen LogP contribution is 2.19. The topological polar surface area (TPSA) is 113 Å². The quantitative estimate of drug-likeness (QED) is 0.630. The Hall–Kier alpha value is -3.23. The molecule has 0 saturated heterocycles. The van der Waals surface area contributed by atoms with Gasteiger partial charge in [0.25, 0.3) is 0 Å². The summed E-state index contributed by atoms with van der Waals surface area (Å²) in [5.41, 5.74) is 1.48. The summed E-state index contributed by atoms with van der Waals surface area (Å²) in [4.78, 5) is 20.9. The molecular formula is C17H22N8O. The number of amides is 2. The van der Waals surface area contributed by atoms with Crippen LogP contribution in [-0.4, -0.2) is 36.0 Å². The van der Waals surface area contributed by atoms with Crippen molar-refractivity contribution >= 4 is 11.7 Å². The second-order valence-corrected chi connectivity index (χ2v) is 5.99. The molecule has 0 aliphatic carbocycles. The fourth-order valence-electron chi connectivity index (χ4n) is 2.63. The summed E-state index contributed by atoms with van der Waals surface area (Å²) >= 11 is 0. The molecule has 0 radical (unpaired) electrons. The number of aryl methyl sites for hydroxylation is 2. The third-order valence-corrected chi connectivity index (χ3v) is 3.79. The first kappa shape index (κ1) is 17.6. The smallest absolute Gasteiger partial charge is 0.319 e. The maximum Gasteiger partial charge on any atom is 0.319 e. The Balaban J connectivity index is 1.65. The first-order valence-corrected chi connectivity index (χ1v) is 8.51. The van der Waals surface area contributed by atoms with E-state index in [4.69, 9.17) is 0 Å². The molecule has 0 saturated carbocycles. The summed E-state index contributed by atoms with van der Waals surface area (Å²) in [6, 6.07) is 6.80. The van der Waals surface area contributed by atoms with Crippen molar-refractivity contribution in [3.63, 3.8) is 0 Å². The number of nitrogens with one attached hydrogen (secondary N) is 3. The van der Waals surface area contributed by atoms with Crippen LogP contribution in [0.4, 0.5) is 10.5 Å². The lowest BCUT2D eigenvalue weighted by atomic mass is 10.2. The van der Waals surface area contributed by atoms with E-state index in [0.29, 0.717) is 11.5 Å². The Morgan fingerprint density at radius 1 is 1.38 bits per heavy atom. The molecule has 3 N–H and O–H groups in total. The molecule has 2 aromatic heterocycles. The van der Waals surface area contributed by atoms with Crippen LogP contribution in [0.15, 0.2) is 30.6 Å². The lowest BCUT2D eigenvalue weighted by Gasteiger charge is -2.15. The fourth-order valence-corrected chi connectivity index (χ4v) is 2.63. The molecule has 9 heteroatoms. The van der Waals surface area contributed by atoms with Crippen LogP contribution in [0.1, 0.15) is 38.0 Å². The van der Waals surface area contributed by atoms with Gasteiger partial charge in [-0.15, -0.1) is 0 Å². The Bertz CT molecular complexity index is 884. The number of H-pyrrole nitrogens is 1. The van der Waals surface area contributed by atoms with Crippen molar-refractivity contribution in [2.45, 2.75) is 39.8 Å². The van der Waals surface area contributed by atoms with Gasteiger partial charge in [0.1, 0.15) is 18.0 Å². The molecule has 0 spiro atoms. The summed E-state index contributed by atoms with van der Waals surface area (Å²) in [6.45, 7) is 6.55. The molecule has 0 aliphatic heterocycles. The standard InChI is InChI=1S/C17H22N8O/c1-4-8-25-16(18-10-19-25)11(2)20-17(26)22-14-7-5-6-13(9-14)15-21-12(3)23-24-15/h5-7,9-11H,4,8H2,1-3H3,(H2,20,22,26)(H,21,23,24)/t11-/m1/s1. The average molecular weight is 354 g/mol. The van der Waals surface area contributed by atoms with Crippen LogP contribution < -0.4 is 10.6 Å². The van der Waals surface area contributed by atoms with Crippen molar-refractivity contribution in [2.75, 3.05) is 5.32 Å². The van der Waals surface area contributed by atoms with Gasteiger partial charge in [0.2, 0.25) is 0 Å². The molecule has 2 amide bonds. The predicted molar refractivity (Wildman–Crippen MR) is 97.4 cm³/mol. The molecular weight excluding hydrogens is 332 g/mol. The second-order valence-electron chi connectivity index (χ2n) is 5.99. The van der Waals surface area contributed by atoms with E-state index in [0.717, 1.165) is 30.2 Å². The highest BCUT2D eigenvalue weighted by atomic mass is 16.2. The molecule has 1 atom stereocenters. The first-order valence-electron chi connectivity index (χ1n) is 8.51. The fraction of sp³-hybridized carbons (Fsp3) is 0.353. The molecule has 3 aromatic rings. The molecule has 136 valence electrons. The molecule has 1 aromatic carbocycles. The number of carbonyl (C=O) groups is 1. The van der Waals surface area contributed by atoms with Crippen molar-refractivity contribution in [3.05, 3.63) is 42.2 Å². The summed E-state index contributed by atoms with van der Waals surface area (Å²) in [6.07, 6.45) is 2.45. The highest BCUT2D eigenvalue weighted by Gasteiger charge is 2.15. The van der Waals surface area contributed by atoms with Gasteiger partial charge >= 0.3 is 6.03 Å². The number of benzene rings is 1. The van der Waals surface area contributed by atoms with Gasteiger partial charge < -0.3 is 10.6 Å². The Kier molecular flexibility index (Phi) is 5.26. The molecule has 26 heavy (non-hydrogen) atoms. The number of hydrogen-bond donors (Lipinski definition) is 3. The van der Waals surface area contributed by atoms with Gasteiger partial charge in [-0.05, 0) is 32.4 Å². The number of rotatable bonds is 6. The van der Waals surface area contributed by atoms with Crippen molar-refractivity contribution in [1.29, 1.82) is 0 Å². The minimum Gasteiger partial charge on any atom is -0.328 e. The van der Waals surface area contributed by atoms with Crippen LogP contribution in [0.2, 0.25) is 0 Å². The third-order valence-electron chi connectivity index (χ3n) is 3.79. The lowest BCUT2D eigenvalue weighted by molar-refractivity contribution is 0.248. The first-order chi connectivity index (χ1) is 12.6. The monoisotopic (exact) mass is 354 g/mol. The molecule has 0 fully saturated rings. The Labute approximate surface area is 151 Å². The maximum atomic E-state index is 12.3. The van der Waals surface area contributed by atoms with Crippen LogP contribution in [0, 0.1) is 6.92 Å². The number of carbonyl (C=O) groups excluding carboxylic acids is 1. The number of hydrogen-bond acceptors (Lipinski definition) is 5. The van der Waals surface area contributed by atoms with Crippen LogP contribution in [0.25, 0.3) is 11.4 Å². The van der Waals surface area contributed by atoms with E-state index in [1.54, 1.807) is 4.68 Å². The maximum absolute atomic E-state index is 12.3. The van der Waals surface area contributed by atoms with Crippen molar-refractivity contribution in [3.8, 4) is 11.4 Å². The predicted octanol–water partition coefficient (Wildman–Crippen LogP) is 2.66.